The van der Waals surface area contributed by atoms with E-state index in [0.717, 1.165) is 44.3 Å². The van der Waals surface area contributed by atoms with Crippen LogP contribution in [-0.2, 0) is 0 Å². The maximum Gasteiger partial charge on any atom is 0.229 e. The van der Waals surface area contributed by atoms with Crippen molar-refractivity contribution in [3.05, 3.63) is 11.7 Å². The van der Waals surface area contributed by atoms with Crippen molar-refractivity contribution in [2.75, 3.05) is 26.2 Å². The summed E-state index contributed by atoms with van der Waals surface area (Å²) in [4.78, 5) is 7.17. The summed E-state index contributed by atoms with van der Waals surface area (Å²) >= 11 is 0. The van der Waals surface area contributed by atoms with Gasteiger partial charge < -0.3 is 9.84 Å². The second-order valence-corrected chi connectivity index (χ2v) is 5.68. The van der Waals surface area contributed by atoms with Crippen molar-refractivity contribution in [2.24, 2.45) is 0 Å². The number of hydrogen-bond donors (Lipinski definition) is 1. The molecule has 0 spiro atoms. The van der Waals surface area contributed by atoms with Gasteiger partial charge in [-0.15, -0.1) is 0 Å². The minimum absolute atomic E-state index is 0.320. The highest BCUT2D eigenvalue weighted by Crippen LogP contribution is 2.34. The average Bonchev–Trinajstić information content (AvgIpc) is 3.11. The fourth-order valence-electron chi connectivity index (χ4n) is 3.32. The van der Waals surface area contributed by atoms with Crippen LogP contribution in [0.2, 0.25) is 0 Å². The monoisotopic (exact) mass is 264 g/mol. The van der Waals surface area contributed by atoms with Crippen molar-refractivity contribution in [1.82, 2.24) is 20.4 Å². The predicted molar refractivity (Wildman–Crippen MR) is 73.0 cm³/mol. The summed E-state index contributed by atoms with van der Waals surface area (Å²) in [5.74, 6) is 2.29. The first-order chi connectivity index (χ1) is 9.38. The average molecular weight is 264 g/mol. The minimum atomic E-state index is 0.320. The molecular formula is C14H24N4O. The van der Waals surface area contributed by atoms with E-state index in [-0.39, 0.29) is 0 Å². The Kier molecular flexibility index (Phi) is 4.13. The first-order valence-corrected chi connectivity index (χ1v) is 7.66. The van der Waals surface area contributed by atoms with Crippen LogP contribution in [0.15, 0.2) is 4.52 Å². The zero-order valence-corrected chi connectivity index (χ0v) is 11.8. The number of rotatable bonds is 4. The quantitative estimate of drug-likeness (QED) is 0.902. The summed E-state index contributed by atoms with van der Waals surface area (Å²) in [7, 11) is 0. The van der Waals surface area contributed by atoms with Crippen LogP contribution in [0.25, 0.3) is 0 Å². The summed E-state index contributed by atoms with van der Waals surface area (Å²) in [5.41, 5.74) is 0. The Hall–Kier alpha value is -0.940. The van der Waals surface area contributed by atoms with Crippen molar-refractivity contribution in [1.29, 1.82) is 0 Å². The molecule has 1 aromatic heterocycles. The Balaban J connectivity index is 1.71. The molecular weight excluding hydrogens is 240 g/mol. The van der Waals surface area contributed by atoms with Crippen LogP contribution in [0.3, 0.4) is 0 Å². The number of hydrogen-bond acceptors (Lipinski definition) is 5. The lowest BCUT2D eigenvalue weighted by atomic mass is 10.1. The van der Waals surface area contributed by atoms with Crippen molar-refractivity contribution in [3.63, 3.8) is 0 Å². The molecule has 0 amide bonds. The molecule has 1 atom stereocenters. The molecule has 5 nitrogen and oxygen atoms in total. The molecule has 1 N–H and O–H groups in total. The Morgan fingerprint density at radius 1 is 1.32 bits per heavy atom. The van der Waals surface area contributed by atoms with Crippen LogP contribution in [0.4, 0.5) is 0 Å². The predicted octanol–water partition coefficient (Wildman–Crippen LogP) is 2.08. The van der Waals surface area contributed by atoms with Crippen molar-refractivity contribution in [3.8, 4) is 0 Å². The SMILES string of the molecule is CCC(c1noc(C2CCCC2)n1)N1CCNCC1. The normalized spacial score (nSPS) is 23.8. The number of piperazine rings is 1. The van der Waals surface area contributed by atoms with Crippen LogP contribution < -0.4 is 5.32 Å². The van der Waals surface area contributed by atoms with E-state index in [1.54, 1.807) is 0 Å². The molecule has 0 aromatic carbocycles. The minimum Gasteiger partial charge on any atom is -0.339 e. The fourth-order valence-corrected chi connectivity index (χ4v) is 3.32. The summed E-state index contributed by atoms with van der Waals surface area (Å²) in [6.07, 6.45) is 6.08. The topological polar surface area (TPSA) is 54.2 Å². The van der Waals surface area contributed by atoms with Crippen LogP contribution in [0, 0.1) is 0 Å². The van der Waals surface area contributed by atoms with Crippen molar-refractivity contribution in [2.45, 2.75) is 51.0 Å². The molecule has 1 aromatic rings. The molecule has 1 saturated heterocycles. The first-order valence-electron chi connectivity index (χ1n) is 7.66. The van der Waals surface area contributed by atoms with E-state index in [2.05, 4.69) is 22.3 Å². The molecule has 2 aliphatic rings. The lowest BCUT2D eigenvalue weighted by Gasteiger charge is -2.32. The summed E-state index contributed by atoms with van der Waals surface area (Å²) in [6.45, 7) is 6.48. The third-order valence-corrected chi connectivity index (χ3v) is 4.44. The maximum absolute atomic E-state index is 5.52. The molecule has 3 rings (SSSR count). The molecule has 1 saturated carbocycles. The van der Waals surface area contributed by atoms with Gasteiger partial charge in [0.15, 0.2) is 5.82 Å². The number of nitrogens with one attached hydrogen (secondary N) is 1. The van der Waals surface area contributed by atoms with E-state index >= 15 is 0 Å². The van der Waals surface area contributed by atoms with Gasteiger partial charge in [0.2, 0.25) is 5.89 Å². The van der Waals surface area contributed by atoms with Crippen LogP contribution in [0.1, 0.15) is 62.7 Å². The Morgan fingerprint density at radius 3 is 2.74 bits per heavy atom. The Labute approximate surface area is 114 Å². The molecule has 0 bridgehead atoms. The standard InChI is InChI=1S/C14H24N4O/c1-2-12(18-9-7-15-8-10-18)13-16-14(19-17-13)11-5-3-4-6-11/h11-12,15H,2-10H2,1H3. The smallest absolute Gasteiger partial charge is 0.229 e. The zero-order chi connectivity index (χ0) is 13.1. The van der Waals surface area contributed by atoms with Crippen molar-refractivity contribution < 1.29 is 4.52 Å². The fraction of sp³-hybridized carbons (Fsp3) is 0.857. The summed E-state index contributed by atoms with van der Waals surface area (Å²) < 4.78 is 5.52. The van der Waals surface area contributed by atoms with Crippen LogP contribution in [-0.4, -0.2) is 41.2 Å². The van der Waals surface area contributed by atoms with E-state index in [4.69, 9.17) is 9.51 Å². The highest BCUT2D eigenvalue weighted by atomic mass is 16.5. The highest BCUT2D eigenvalue weighted by molar-refractivity contribution is 5.00. The molecule has 5 heteroatoms. The van der Waals surface area contributed by atoms with Gasteiger partial charge in [0.1, 0.15) is 0 Å². The van der Waals surface area contributed by atoms with Gasteiger partial charge >= 0.3 is 0 Å². The molecule has 0 radical (unpaired) electrons. The van der Waals surface area contributed by atoms with Gasteiger partial charge in [-0.2, -0.15) is 4.98 Å². The Bertz CT molecular complexity index is 394. The van der Waals surface area contributed by atoms with Crippen LogP contribution in [0.5, 0.6) is 0 Å². The third-order valence-electron chi connectivity index (χ3n) is 4.44. The van der Waals surface area contributed by atoms with E-state index in [1.165, 1.54) is 25.7 Å². The van der Waals surface area contributed by atoms with Gasteiger partial charge in [0, 0.05) is 32.1 Å². The lowest BCUT2D eigenvalue weighted by Crippen LogP contribution is -2.45. The van der Waals surface area contributed by atoms with Crippen molar-refractivity contribution >= 4 is 0 Å². The summed E-state index contributed by atoms with van der Waals surface area (Å²) in [5, 5.41) is 7.65. The van der Waals surface area contributed by atoms with E-state index in [9.17, 15) is 0 Å². The zero-order valence-electron chi connectivity index (χ0n) is 11.8. The van der Waals surface area contributed by atoms with E-state index in [0.29, 0.717) is 12.0 Å². The number of aromatic nitrogens is 2. The third kappa shape index (κ3) is 2.82. The molecule has 1 aliphatic carbocycles. The van der Waals surface area contributed by atoms with Gasteiger partial charge in [-0.3, -0.25) is 4.90 Å². The van der Waals surface area contributed by atoms with Gasteiger partial charge in [-0.05, 0) is 19.3 Å². The molecule has 2 fully saturated rings. The highest BCUT2D eigenvalue weighted by Gasteiger charge is 2.28. The van der Waals surface area contributed by atoms with Gasteiger partial charge in [-0.25, -0.2) is 0 Å². The largest absolute Gasteiger partial charge is 0.339 e. The lowest BCUT2D eigenvalue weighted by molar-refractivity contribution is 0.160. The van der Waals surface area contributed by atoms with Gasteiger partial charge in [-0.1, -0.05) is 24.9 Å². The van der Waals surface area contributed by atoms with E-state index < -0.39 is 0 Å². The Morgan fingerprint density at radius 2 is 2.05 bits per heavy atom. The second kappa shape index (κ2) is 6.01. The molecule has 1 aliphatic heterocycles. The maximum atomic E-state index is 5.52. The molecule has 1 unspecified atom stereocenters. The van der Waals surface area contributed by atoms with E-state index in [1.807, 2.05) is 0 Å². The molecule has 106 valence electrons. The number of nitrogens with zero attached hydrogens (tertiary/aromatic N) is 3. The first kappa shape index (κ1) is 13.1. The molecule has 2 heterocycles. The van der Waals surface area contributed by atoms with Gasteiger partial charge in [0.05, 0.1) is 6.04 Å². The van der Waals surface area contributed by atoms with Gasteiger partial charge in [0.25, 0.3) is 0 Å². The van der Waals surface area contributed by atoms with Crippen LogP contribution >= 0.6 is 0 Å². The summed E-state index contributed by atoms with van der Waals surface area (Å²) in [6, 6.07) is 0.320. The molecule has 19 heavy (non-hydrogen) atoms. The second-order valence-electron chi connectivity index (χ2n) is 5.68.